The molecule has 27 heavy (non-hydrogen) atoms. The molecule has 4 heteroatoms. The van der Waals surface area contributed by atoms with Gasteiger partial charge in [0.2, 0.25) is 5.91 Å². The van der Waals surface area contributed by atoms with Gasteiger partial charge in [0.15, 0.2) is 5.78 Å². The maximum absolute atomic E-state index is 12.4. The number of rotatable bonds is 6. The second-order valence-corrected chi connectivity index (χ2v) is 6.39. The Kier molecular flexibility index (Phi) is 5.77. The fraction of sp³-hybridized carbons (Fsp3) is 0.174. The maximum Gasteiger partial charge on any atom is 0.226 e. The number of amides is 1. The van der Waals surface area contributed by atoms with Crippen LogP contribution in [-0.2, 0) is 11.2 Å². The Morgan fingerprint density at radius 2 is 1.41 bits per heavy atom. The number of hydrogen-bond acceptors (Lipinski definition) is 3. The van der Waals surface area contributed by atoms with E-state index in [-0.39, 0.29) is 11.7 Å². The van der Waals surface area contributed by atoms with Gasteiger partial charge in [-0.15, -0.1) is 0 Å². The van der Waals surface area contributed by atoms with Crippen molar-refractivity contribution in [1.29, 1.82) is 0 Å². The molecule has 3 aromatic rings. The van der Waals surface area contributed by atoms with Crippen LogP contribution in [0.3, 0.4) is 0 Å². The van der Waals surface area contributed by atoms with E-state index in [9.17, 15) is 9.59 Å². The van der Waals surface area contributed by atoms with Crippen molar-refractivity contribution in [3.8, 4) is 11.1 Å². The number of benzene rings is 2. The fourth-order valence-corrected chi connectivity index (χ4v) is 2.90. The van der Waals surface area contributed by atoms with Crippen LogP contribution in [0.2, 0.25) is 0 Å². The van der Waals surface area contributed by atoms with Gasteiger partial charge in [-0.05, 0) is 41.0 Å². The molecule has 4 nitrogen and oxygen atoms in total. The van der Waals surface area contributed by atoms with Gasteiger partial charge in [0.25, 0.3) is 0 Å². The summed E-state index contributed by atoms with van der Waals surface area (Å²) >= 11 is 0. The number of carbonyl (C=O) groups excluding carboxylic acids is 2. The highest BCUT2D eigenvalue weighted by Gasteiger charge is 2.10. The minimum atomic E-state index is 0.0832. The Bertz CT molecular complexity index is 917. The summed E-state index contributed by atoms with van der Waals surface area (Å²) in [5, 5.41) is 0. The third-order valence-corrected chi connectivity index (χ3v) is 4.59. The van der Waals surface area contributed by atoms with E-state index in [0.29, 0.717) is 18.4 Å². The van der Waals surface area contributed by atoms with Gasteiger partial charge in [0.05, 0.1) is 0 Å². The lowest BCUT2D eigenvalue weighted by Gasteiger charge is -2.16. The number of anilines is 1. The van der Waals surface area contributed by atoms with Crippen LogP contribution in [0.5, 0.6) is 0 Å². The summed E-state index contributed by atoms with van der Waals surface area (Å²) in [5.41, 5.74) is 4.60. The third kappa shape index (κ3) is 4.47. The first-order valence-corrected chi connectivity index (χ1v) is 8.97. The number of carbonyl (C=O) groups is 2. The SMILES string of the molecule is CCC(=O)N(C)c1ccc(-c2ccc(C(=O)Cc3ccncc3)cc2)cc1. The van der Waals surface area contributed by atoms with Crippen LogP contribution in [0.1, 0.15) is 29.3 Å². The first-order valence-electron chi connectivity index (χ1n) is 8.97. The van der Waals surface area contributed by atoms with Crippen molar-refractivity contribution in [2.75, 3.05) is 11.9 Å². The van der Waals surface area contributed by atoms with E-state index in [1.807, 2.05) is 67.6 Å². The van der Waals surface area contributed by atoms with Crippen LogP contribution in [0.15, 0.2) is 73.1 Å². The predicted molar refractivity (Wildman–Crippen MR) is 108 cm³/mol. The van der Waals surface area contributed by atoms with Crippen LogP contribution in [-0.4, -0.2) is 23.7 Å². The summed E-state index contributed by atoms with van der Waals surface area (Å²) < 4.78 is 0. The molecule has 0 aliphatic heterocycles. The molecule has 0 unspecified atom stereocenters. The molecule has 136 valence electrons. The molecular weight excluding hydrogens is 336 g/mol. The summed E-state index contributed by atoms with van der Waals surface area (Å²) in [6.45, 7) is 1.85. The van der Waals surface area contributed by atoms with Gasteiger partial charge in [-0.25, -0.2) is 0 Å². The fourth-order valence-electron chi connectivity index (χ4n) is 2.90. The van der Waals surface area contributed by atoms with Crippen molar-refractivity contribution in [2.24, 2.45) is 0 Å². The van der Waals surface area contributed by atoms with Crippen molar-refractivity contribution in [3.63, 3.8) is 0 Å². The van der Waals surface area contributed by atoms with E-state index in [0.717, 1.165) is 22.4 Å². The van der Waals surface area contributed by atoms with E-state index >= 15 is 0 Å². The van der Waals surface area contributed by atoms with Gasteiger partial charge >= 0.3 is 0 Å². The lowest BCUT2D eigenvalue weighted by molar-refractivity contribution is -0.118. The number of Topliss-reactive ketones (excluding diaryl/α,β-unsaturated/α-hetero) is 1. The van der Waals surface area contributed by atoms with Gasteiger partial charge < -0.3 is 4.90 Å². The third-order valence-electron chi connectivity index (χ3n) is 4.59. The lowest BCUT2D eigenvalue weighted by atomic mass is 9.99. The predicted octanol–water partition coefficient (Wildman–Crippen LogP) is 4.55. The molecule has 0 N–H and O–H groups in total. The zero-order chi connectivity index (χ0) is 19.2. The molecular formula is C23H22N2O2. The second-order valence-electron chi connectivity index (χ2n) is 6.39. The van der Waals surface area contributed by atoms with Gasteiger partial charge in [-0.1, -0.05) is 43.3 Å². The van der Waals surface area contributed by atoms with Crippen molar-refractivity contribution in [1.82, 2.24) is 4.98 Å². The molecule has 2 aromatic carbocycles. The average Bonchev–Trinajstić information content (AvgIpc) is 2.73. The first-order chi connectivity index (χ1) is 13.1. The monoisotopic (exact) mass is 358 g/mol. The molecule has 0 aliphatic rings. The van der Waals surface area contributed by atoms with Gasteiger partial charge in [-0.3, -0.25) is 14.6 Å². The zero-order valence-corrected chi connectivity index (χ0v) is 15.6. The molecule has 0 fully saturated rings. The highest BCUT2D eigenvalue weighted by Crippen LogP contribution is 2.24. The summed E-state index contributed by atoms with van der Waals surface area (Å²) in [7, 11) is 1.78. The molecule has 1 amide bonds. The summed E-state index contributed by atoms with van der Waals surface area (Å²) in [5.74, 6) is 0.169. The number of nitrogens with zero attached hydrogens (tertiary/aromatic N) is 2. The average molecular weight is 358 g/mol. The largest absolute Gasteiger partial charge is 0.316 e. The van der Waals surface area contributed by atoms with E-state index in [1.54, 1.807) is 24.3 Å². The number of ketones is 1. The van der Waals surface area contributed by atoms with E-state index in [4.69, 9.17) is 0 Å². The van der Waals surface area contributed by atoms with Crippen LogP contribution in [0.4, 0.5) is 5.69 Å². The maximum atomic E-state index is 12.4. The molecule has 1 heterocycles. The topological polar surface area (TPSA) is 50.3 Å². The molecule has 0 bridgehead atoms. The van der Waals surface area contributed by atoms with Crippen LogP contribution < -0.4 is 4.90 Å². The molecule has 1 aromatic heterocycles. The quantitative estimate of drug-likeness (QED) is 0.608. The van der Waals surface area contributed by atoms with Gasteiger partial charge in [0.1, 0.15) is 0 Å². The smallest absolute Gasteiger partial charge is 0.226 e. The zero-order valence-electron chi connectivity index (χ0n) is 15.6. The van der Waals surface area contributed by atoms with E-state index in [1.165, 1.54) is 0 Å². The number of aromatic nitrogens is 1. The minimum absolute atomic E-state index is 0.0832. The molecule has 0 aliphatic carbocycles. The molecule has 0 spiro atoms. The standard InChI is InChI=1S/C23H22N2O2/c1-3-23(27)25(2)21-10-8-19(9-11-21)18-4-6-20(7-5-18)22(26)16-17-12-14-24-15-13-17/h4-15H,3,16H2,1-2H3. The Morgan fingerprint density at radius 1 is 0.852 bits per heavy atom. The number of pyridine rings is 1. The molecule has 0 saturated carbocycles. The lowest BCUT2D eigenvalue weighted by Crippen LogP contribution is -2.24. The van der Waals surface area contributed by atoms with Crippen molar-refractivity contribution in [2.45, 2.75) is 19.8 Å². The normalized spacial score (nSPS) is 10.4. The number of hydrogen-bond donors (Lipinski definition) is 0. The molecule has 0 saturated heterocycles. The minimum Gasteiger partial charge on any atom is -0.316 e. The molecule has 3 rings (SSSR count). The summed E-state index contributed by atoms with van der Waals surface area (Å²) in [6, 6.07) is 19.2. The Balaban J connectivity index is 1.71. The molecule has 0 radical (unpaired) electrons. The van der Waals surface area contributed by atoms with Crippen LogP contribution in [0, 0.1) is 0 Å². The van der Waals surface area contributed by atoms with Gasteiger partial charge in [0, 0.05) is 43.5 Å². The van der Waals surface area contributed by atoms with E-state index < -0.39 is 0 Å². The van der Waals surface area contributed by atoms with Gasteiger partial charge in [-0.2, -0.15) is 0 Å². The Morgan fingerprint density at radius 3 is 1.96 bits per heavy atom. The Hall–Kier alpha value is -3.27. The second kappa shape index (κ2) is 8.41. The van der Waals surface area contributed by atoms with Crippen LogP contribution in [0.25, 0.3) is 11.1 Å². The first kappa shape index (κ1) is 18.5. The highest BCUT2D eigenvalue weighted by molar-refractivity contribution is 5.98. The van der Waals surface area contributed by atoms with Crippen molar-refractivity contribution < 1.29 is 9.59 Å². The highest BCUT2D eigenvalue weighted by atomic mass is 16.2. The van der Waals surface area contributed by atoms with Crippen LogP contribution >= 0.6 is 0 Å². The Labute approximate surface area is 159 Å². The molecule has 0 atom stereocenters. The van der Waals surface area contributed by atoms with Crippen molar-refractivity contribution in [3.05, 3.63) is 84.2 Å². The summed E-state index contributed by atoms with van der Waals surface area (Å²) in [6.07, 6.45) is 4.24. The van der Waals surface area contributed by atoms with E-state index in [2.05, 4.69) is 4.98 Å². The van der Waals surface area contributed by atoms with Crippen molar-refractivity contribution >= 4 is 17.4 Å². The summed E-state index contributed by atoms with van der Waals surface area (Å²) in [4.78, 5) is 29.8.